The molecular formula is C8H11LiO2. The summed E-state index contributed by atoms with van der Waals surface area (Å²) in [5.74, 6) is 2.29. The third-order valence-electron chi connectivity index (χ3n) is 1.43. The molecule has 0 N–H and O–H groups in total. The van der Waals surface area contributed by atoms with Crippen molar-refractivity contribution in [1.29, 1.82) is 0 Å². The Bertz CT molecular complexity index is 125. The molecule has 3 heteroatoms. The number of hydrogen-bond acceptors (Lipinski definition) is 2. The number of ether oxygens (including phenoxy) is 2. The third kappa shape index (κ3) is 4.40. The van der Waals surface area contributed by atoms with Crippen LogP contribution >= 0.6 is 0 Å². The van der Waals surface area contributed by atoms with Crippen LogP contribution in [0.1, 0.15) is 19.3 Å². The number of rotatable bonds is 2. The summed E-state index contributed by atoms with van der Waals surface area (Å²) in [7, 11) is 0. The second-order valence-electron chi connectivity index (χ2n) is 2.22. The molecule has 0 bridgehead atoms. The third-order valence-corrected chi connectivity index (χ3v) is 1.43. The SMILES string of the molecule is C#C[CH-]OC1CCCCO1.[Li+]. The Kier molecular flexibility index (Phi) is 6.61. The fraction of sp³-hybridized carbons (Fsp3) is 0.625. The zero-order valence-corrected chi connectivity index (χ0v) is 6.88. The van der Waals surface area contributed by atoms with Crippen molar-refractivity contribution < 1.29 is 28.3 Å². The molecule has 56 valence electrons. The van der Waals surface area contributed by atoms with Crippen LogP contribution in [0.4, 0.5) is 0 Å². The van der Waals surface area contributed by atoms with Crippen molar-refractivity contribution in [3.8, 4) is 12.3 Å². The van der Waals surface area contributed by atoms with Crippen molar-refractivity contribution >= 4 is 0 Å². The minimum absolute atomic E-state index is 0. The van der Waals surface area contributed by atoms with E-state index in [1.807, 2.05) is 0 Å². The topological polar surface area (TPSA) is 18.5 Å². The second kappa shape index (κ2) is 6.64. The van der Waals surface area contributed by atoms with Gasteiger partial charge in [-0.25, -0.2) is 0 Å². The summed E-state index contributed by atoms with van der Waals surface area (Å²) < 4.78 is 10.3. The molecule has 0 amide bonds. The first kappa shape index (κ1) is 10.9. The van der Waals surface area contributed by atoms with Gasteiger partial charge in [0.1, 0.15) is 6.29 Å². The van der Waals surface area contributed by atoms with Gasteiger partial charge >= 0.3 is 18.9 Å². The van der Waals surface area contributed by atoms with Crippen LogP contribution in [0.15, 0.2) is 0 Å². The molecule has 0 spiro atoms. The van der Waals surface area contributed by atoms with Crippen LogP contribution in [-0.2, 0) is 9.47 Å². The number of terminal acetylenes is 1. The molecule has 0 radical (unpaired) electrons. The van der Waals surface area contributed by atoms with Crippen LogP contribution in [0.2, 0.25) is 0 Å². The first-order valence-corrected chi connectivity index (χ1v) is 3.48. The molecule has 1 fully saturated rings. The predicted octanol–water partition coefficient (Wildman–Crippen LogP) is -1.67. The summed E-state index contributed by atoms with van der Waals surface area (Å²) in [6, 6.07) is 0. The number of hydrogen-bond donors (Lipinski definition) is 0. The van der Waals surface area contributed by atoms with E-state index in [9.17, 15) is 0 Å². The van der Waals surface area contributed by atoms with Gasteiger partial charge in [0.25, 0.3) is 0 Å². The van der Waals surface area contributed by atoms with Gasteiger partial charge in [0, 0.05) is 6.61 Å². The molecule has 0 aliphatic carbocycles. The summed E-state index contributed by atoms with van der Waals surface area (Å²) in [4.78, 5) is 0. The van der Waals surface area contributed by atoms with Gasteiger partial charge < -0.3 is 15.9 Å². The minimum atomic E-state index is -0.0928. The fourth-order valence-corrected chi connectivity index (χ4v) is 0.934. The van der Waals surface area contributed by atoms with Crippen molar-refractivity contribution in [3.05, 3.63) is 6.61 Å². The normalized spacial score (nSPS) is 23.0. The molecule has 1 atom stereocenters. The first-order chi connectivity index (χ1) is 4.93. The Labute approximate surface area is 79.8 Å². The van der Waals surface area contributed by atoms with E-state index in [1.165, 1.54) is 13.0 Å². The maximum atomic E-state index is 5.23. The largest absolute Gasteiger partial charge is 1.00 e. The van der Waals surface area contributed by atoms with Crippen molar-refractivity contribution in [1.82, 2.24) is 0 Å². The molecule has 0 aromatic rings. The van der Waals surface area contributed by atoms with Crippen LogP contribution in [-0.4, -0.2) is 12.9 Å². The Morgan fingerprint density at radius 1 is 1.55 bits per heavy atom. The fourth-order valence-electron chi connectivity index (χ4n) is 0.934. The summed E-state index contributed by atoms with van der Waals surface area (Å²) >= 11 is 0. The molecule has 1 saturated heterocycles. The Morgan fingerprint density at radius 3 is 2.91 bits per heavy atom. The van der Waals surface area contributed by atoms with E-state index >= 15 is 0 Å². The van der Waals surface area contributed by atoms with Crippen LogP contribution < -0.4 is 18.9 Å². The maximum absolute atomic E-state index is 5.23. The van der Waals surface area contributed by atoms with E-state index < -0.39 is 0 Å². The van der Waals surface area contributed by atoms with E-state index in [2.05, 4.69) is 5.92 Å². The molecule has 0 saturated carbocycles. The van der Waals surface area contributed by atoms with E-state index in [0.717, 1.165) is 19.4 Å². The molecule has 0 aromatic carbocycles. The van der Waals surface area contributed by atoms with Gasteiger partial charge in [-0.15, -0.1) is 0 Å². The van der Waals surface area contributed by atoms with Crippen LogP contribution in [0.5, 0.6) is 0 Å². The molecule has 11 heavy (non-hydrogen) atoms. The minimum Gasteiger partial charge on any atom is -0.409 e. The van der Waals surface area contributed by atoms with E-state index in [1.54, 1.807) is 0 Å². The zero-order valence-electron chi connectivity index (χ0n) is 6.88. The quantitative estimate of drug-likeness (QED) is 0.263. The summed E-state index contributed by atoms with van der Waals surface area (Å²) in [6.07, 6.45) is 8.13. The van der Waals surface area contributed by atoms with E-state index in [4.69, 9.17) is 15.9 Å². The average molecular weight is 146 g/mol. The van der Waals surface area contributed by atoms with Crippen molar-refractivity contribution in [3.63, 3.8) is 0 Å². The smallest absolute Gasteiger partial charge is 0.409 e. The van der Waals surface area contributed by atoms with Gasteiger partial charge in [0.05, 0.1) is 0 Å². The van der Waals surface area contributed by atoms with E-state index in [-0.39, 0.29) is 25.2 Å². The van der Waals surface area contributed by atoms with Crippen LogP contribution in [0, 0.1) is 19.0 Å². The van der Waals surface area contributed by atoms with Gasteiger partial charge in [-0.1, -0.05) is 6.61 Å². The summed E-state index contributed by atoms with van der Waals surface area (Å²) in [5.41, 5.74) is 0. The average Bonchev–Trinajstić information content (AvgIpc) is 2.03. The Hall–Kier alpha value is -0.0526. The summed E-state index contributed by atoms with van der Waals surface area (Å²) in [6.45, 7) is 2.14. The Morgan fingerprint density at radius 2 is 2.36 bits per heavy atom. The zero-order chi connectivity index (χ0) is 7.23. The van der Waals surface area contributed by atoms with Gasteiger partial charge in [-0.05, 0) is 19.3 Å². The summed E-state index contributed by atoms with van der Waals surface area (Å²) in [5, 5.41) is 0. The van der Waals surface area contributed by atoms with Crippen molar-refractivity contribution in [2.45, 2.75) is 25.6 Å². The van der Waals surface area contributed by atoms with Gasteiger partial charge in [-0.3, -0.25) is 5.92 Å². The molecule has 1 rings (SSSR count). The molecule has 1 aliphatic heterocycles. The molecule has 1 heterocycles. The van der Waals surface area contributed by atoms with Crippen LogP contribution in [0.25, 0.3) is 0 Å². The monoisotopic (exact) mass is 146 g/mol. The molecule has 0 aromatic heterocycles. The van der Waals surface area contributed by atoms with Crippen molar-refractivity contribution in [2.24, 2.45) is 0 Å². The van der Waals surface area contributed by atoms with Crippen molar-refractivity contribution in [2.75, 3.05) is 6.61 Å². The van der Waals surface area contributed by atoms with Gasteiger partial charge in [-0.2, -0.15) is 0 Å². The molecule has 1 aliphatic rings. The Balaban J connectivity index is 0.000001000. The predicted molar refractivity (Wildman–Crippen MR) is 37.8 cm³/mol. The second-order valence-corrected chi connectivity index (χ2v) is 2.22. The molecular weight excluding hydrogens is 135 g/mol. The first-order valence-electron chi connectivity index (χ1n) is 3.48. The maximum Gasteiger partial charge on any atom is 1.00 e. The van der Waals surface area contributed by atoms with Gasteiger partial charge in [0.15, 0.2) is 0 Å². The molecule has 1 unspecified atom stereocenters. The van der Waals surface area contributed by atoms with E-state index in [0.29, 0.717) is 0 Å². The van der Waals surface area contributed by atoms with Crippen LogP contribution in [0.3, 0.4) is 0 Å². The standard InChI is InChI=1S/C8H11O2.Li/c1-2-6-9-8-5-3-4-7-10-8;/h1,6,8H,3-5,7H2;/q-1;+1. The molecule has 2 nitrogen and oxygen atoms in total. The van der Waals surface area contributed by atoms with Gasteiger partial charge in [0.2, 0.25) is 0 Å².